The van der Waals surface area contributed by atoms with E-state index in [-0.39, 0.29) is 17.9 Å². The Morgan fingerprint density at radius 2 is 1.87 bits per heavy atom. The van der Waals surface area contributed by atoms with Crippen LogP contribution >= 0.6 is 31.9 Å². The first-order valence-corrected chi connectivity index (χ1v) is 9.60. The third kappa shape index (κ3) is 3.38. The molecule has 0 aliphatic carbocycles. The van der Waals surface area contributed by atoms with Crippen LogP contribution in [0.4, 0.5) is 5.69 Å². The number of quaternary nitrogens is 2. The highest BCUT2D eigenvalue weighted by molar-refractivity contribution is 9.11. The number of nitrogens with one attached hydrogen (secondary N) is 2. The molecule has 2 amide bonds. The Bertz CT molecular complexity index is 630. The summed E-state index contributed by atoms with van der Waals surface area (Å²) in [7, 11) is 0. The minimum Gasteiger partial charge on any atom is -0.326 e. The maximum atomic E-state index is 12.8. The molecule has 0 saturated carbocycles. The number of likely N-dealkylation sites (N-methyl/N-ethyl adjacent to an activating group) is 1. The van der Waals surface area contributed by atoms with Crippen molar-refractivity contribution in [2.45, 2.75) is 19.4 Å². The summed E-state index contributed by atoms with van der Waals surface area (Å²) in [6.07, 6.45) is 0.318. The molecule has 2 fully saturated rings. The van der Waals surface area contributed by atoms with E-state index in [1.54, 1.807) is 11.0 Å². The van der Waals surface area contributed by atoms with E-state index in [4.69, 9.17) is 0 Å². The Hall–Kier alpha value is -0.760. The summed E-state index contributed by atoms with van der Waals surface area (Å²) >= 11 is 6.86. The zero-order valence-electron chi connectivity index (χ0n) is 13.1. The Balaban J connectivity index is 1.78. The van der Waals surface area contributed by atoms with Gasteiger partial charge in [-0.05, 0) is 41.1 Å². The second-order valence-electron chi connectivity index (χ2n) is 6.18. The molecule has 124 valence electrons. The molecule has 1 unspecified atom stereocenters. The Morgan fingerprint density at radius 3 is 2.48 bits per heavy atom. The molecule has 0 bridgehead atoms. The lowest BCUT2D eigenvalue weighted by Crippen LogP contribution is -3.29. The zero-order valence-corrected chi connectivity index (χ0v) is 16.2. The SMILES string of the molecule is CC[NH+]1CC[NH+](C2CC(=O)N(c3ccc(Br)cc3Br)C2=O)CC1. The molecule has 3 rings (SSSR count). The van der Waals surface area contributed by atoms with Crippen LogP contribution in [0.25, 0.3) is 0 Å². The van der Waals surface area contributed by atoms with E-state index in [0.29, 0.717) is 12.1 Å². The minimum absolute atomic E-state index is 0.0621. The first-order chi connectivity index (χ1) is 11.0. The second kappa shape index (κ2) is 7.01. The van der Waals surface area contributed by atoms with Crippen molar-refractivity contribution in [2.75, 3.05) is 37.6 Å². The first-order valence-electron chi connectivity index (χ1n) is 8.01. The molecule has 23 heavy (non-hydrogen) atoms. The molecule has 1 aromatic rings. The van der Waals surface area contributed by atoms with Gasteiger partial charge in [-0.3, -0.25) is 9.59 Å². The molecule has 2 N–H and O–H groups in total. The summed E-state index contributed by atoms with van der Waals surface area (Å²) in [6, 6.07) is 5.29. The molecule has 5 nitrogen and oxygen atoms in total. The van der Waals surface area contributed by atoms with Crippen LogP contribution in [0.3, 0.4) is 0 Å². The molecule has 2 aliphatic rings. The predicted octanol–water partition coefficient (Wildman–Crippen LogP) is -0.353. The van der Waals surface area contributed by atoms with Gasteiger partial charge in [-0.15, -0.1) is 0 Å². The second-order valence-corrected chi connectivity index (χ2v) is 7.95. The smallest absolute Gasteiger partial charge is 0.292 e. The van der Waals surface area contributed by atoms with Gasteiger partial charge in [0.25, 0.3) is 5.91 Å². The Morgan fingerprint density at radius 1 is 1.17 bits per heavy atom. The summed E-state index contributed by atoms with van der Waals surface area (Å²) in [5.41, 5.74) is 0.642. The third-order valence-electron chi connectivity index (χ3n) is 4.89. The zero-order chi connectivity index (χ0) is 16.6. The van der Waals surface area contributed by atoms with Gasteiger partial charge in [0.15, 0.2) is 6.04 Å². The molecule has 0 spiro atoms. The average Bonchev–Trinajstić information content (AvgIpc) is 2.83. The molecule has 2 heterocycles. The number of amides is 2. The number of carbonyl (C=O) groups excluding carboxylic acids is 2. The molecular weight excluding hydrogens is 426 g/mol. The van der Waals surface area contributed by atoms with E-state index < -0.39 is 0 Å². The monoisotopic (exact) mass is 445 g/mol. The fraction of sp³-hybridized carbons (Fsp3) is 0.500. The van der Waals surface area contributed by atoms with Gasteiger partial charge in [0, 0.05) is 8.95 Å². The number of halogens is 2. The number of hydrogen-bond acceptors (Lipinski definition) is 2. The molecule has 0 radical (unpaired) electrons. The largest absolute Gasteiger partial charge is 0.326 e. The molecule has 2 aliphatic heterocycles. The lowest BCUT2D eigenvalue weighted by Gasteiger charge is -2.31. The van der Waals surface area contributed by atoms with Crippen LogP contribution in [-0.4, -0.2) is 50.6 Å². The highest BCUT2D eigenvalue weighted by Crippen LogP contribution is 2.32. The van der Waals surface area contributed by atoms with Crippen LogP contribution in [-0.2, 0) is 9.59 Å². The van der Waals surface area contributed by atoms with Crippen LogP contribution in [0.1, 0.15) is 13.3 Å². The van der Waals surface area contributed by atoms with Crippen LogP contribution in [0.2, 0.25) is 0 Å². The fourth-order valence-corrected chi connectivity index (χ4v) is 4.72. The van der Waals surface area contributed by atoms with Crippen molar-refractivity contribution in [1.29, 1.82) is 0 Å². The first kappa shape index (κ1) is 17.1. The molecule has 1 aromatic carbocycles. The predicted molar refractivity (Wildman–Crippen MR) is 94.7 cm³/mol. The maximum absolute atomic E-state index is 12.8. The number of hydrogen-bond donors (Lipinski definition) is 2. The number of imide groups is 1. The molecule has 2 saturated heterocycles. The number of anilines is 1. The lowest BCUT2D eigenvalue weighted by molar-refractivity contribution is -1.02. The summed E-state index contributed by atoms with van der Waals surface area (Å²) in [4.78, 5) is 29.5. The van der Waals surface area contributed by atoms with Crippen LogP contribution in [0.5, 0.6) is 0 Å². The summed E-state index contributed by atoms with van der Waals surface area (Å²) in [5, 5.41) is 0. The van der Waals surface area contributed by atoms with Crippen LogP contribution in [0, 0.1) is 0 Å². The van der Waals surface area contributed by atoms with Crippen LogP contribution < -0.4 is 14.7 Å². The van der Waals surface area contributed by atoms with Crippen molar-refractivity contribution in [3.05, 3.63) is 27.1 Å². The Kier molecular flexibility index (Phi) is 5.20. The number of carbonyl (C=O) groups is 2. The molecular formula is C16H21Br2N3O2+2. The van der Waals surface area contributed by atoms with Gasteiger partial charge in [-0.1, -0.05) is 15.9 Å². The number of piperazine rings is 1. The number of rotatable bonds is 3. The quantitative estimate of drug-likeness (QED) is 0.623. The summed E-state index contributed by atoms with van der Waals surface area (Å²) in [6.45, 7) is 7.39. The number of benzene rings is 1. The van der Waals surface area contributed by atoms with Crippen molar-refractivity contribution < 1.29 is 19.4 Å². The summed E-state index contributed by atoms with van der Waals surface area (Å²) in [5.74, 6) is -0.159. The van der Waals surface area contributed by atoms with E-state index in [0.717, 1.165) is 41.7 Å². The Labute approximate surface area is 152 Å². The van der Waals surface area contributed by atoms with E-state index >= 15 is 0 Å². The van der Waals surface area contributed by atoms with Gasteiger partial charge in [0.05, 0.1) is 18.7 Å². The van der Waals surface area contributed by atoms with Gasteiger partial charge in [-0.2, -0.15) is 0 Å². The lowest BCUT2D eigenvalue weighted by atomic mass is 10.1. The van der Waals surface area contributed by atoms with Crippen molar-refractivity contribution in [3.63, 3.8) is 0 Å². The van der Waals surface area contributed by atoms with Crippen molar-refractivity contribution in [2.24, 2.45) is 0 Å². The van der Waals surface area contributed by atoms with E-state index in [9.17, 15) is 9.59 Å². The summed E-state index contributed by atoms with van der Waals surface area (Å²) < 4.78 is 1.66. The normalized spacial score (nSPS) is 28.5. The van der Waals surface area contributed by atoms with Gasteiger partial charge < -0.3 is 9.80 Å². The van der Waals surface area contributed by atoms with E-state index in [2.05, 4.69) is 38.8 Å². The van der Waals surface area contributed by atoms with E-state index in [1.165, 1.54) is 9.80 Å². The highest BCUT2D eigenvalue weighted by Gasteiger charge is 2.47. The average molecular weight is 447 g/mol. The van der Waals surface area contributed by atoms with Crippen molar-refractivity contribution >= 4 is 49.4 Å². The third-order valence-corrected chi connectivity index (χ3v) is 6.02. The van der Waals surface area contributed by atoms with Gasteiger partial charge in [0.1, 0.15) is 26.2 Å². The molecule has 0 aromatic heterocycles. The van der Waals surface area contributed by atoms with Crippen molar-refractivity contribution in [1.82, 2.24) is 0 Å². The standard InChI is InChI=1S/C16H19Br2N3O2/c1-2-19-5-7-20(8-6-19)14-10-15(22)21(16(14)23)13-4-3-11(17)9-12(13)18/h3-4,9,14H,2,5-8,10H2,1H3/p+2. The van der Waals surface area contributed by atoms with E-state index in [1.807, 2.05) is 12.1 Å². The van der Waals surface area contributed by atoms with Gasteiger partial charge in [-0.25, -0.2) is 4.90 Å². The molecule has 1 atom stereocenters. The molecule has 7 heteroatoms. The van der Waals surface area contributed by atoms with Gasteiger partial charge >= 0.3 is 0 Å². The fourth-order valence-electron chi connectivity index (χ4n) is 3.49. The topological polar surface area (TPSA) is 46.3 Å². The van der Waals surface area contributed by atoms with Crippen LogP contribution in [0.15, 0.2) is 27.1 Å². The van der Waals surface area contributed by atoms with Gasteiger partial charge in [0.2, 0.25) is 5.91 Å². The number of nitrogens with zero attached hydrogens (tertiary/aromatic N) is 1. The highest BCUT2D eigenvalue weighted by atomic mass is 79.9. The minimum atomic E-state index is -0.226. The van der Waals surface area contributed by atoms with Crippen molar-refractivity contribution in [3.8, 4) is 0 Å². The maximum Gasteiger partial charge on any atom is 0.292 e.